The molecule has 0 aromatic heterocycles. The van der Waals surface area contributed by atoms with E-state index in [0.29, 0.717) is 40.8 Å². The number of halogens is 3. The van der Waals surface area contributed by atoms with Gasteiger partial charge in [0.05, 0.1) is 13.7 Å². The highest BCUT2D eigenvalue weighted by Gasteiger charge is 2.16. The van der Waals surface area contributed by atoms with Gasteiger partial charge in [0.1, 0.15) is 11.6 Å². The van der Waals surface area contributed by atoms with E-state index in [-0.39, 0.29) is 23.6 Å². The predicted molar refractivity (Wildman–Crippen MR) is 124 cm³/mol. The summed E-state index contributed by atoms with van der Waals surface area (Å²) in [5, 5.41) is 9.15. The van der Waals surface area contributed by atoms with E-state index in [9.17, 15) is 13.2 Å². The van der Waals surface area contributed by atoms with Gasteiger partial charge in [0.15, 0.2) is 11.6 Å². The topological polar surface area (TPSA) is 29.5 Å². The molecule has 0 aliphatic carbocycles. The van der Waals surface area contributed by atoms with Crippen LogP contribution in [0.1, 0.15) is 16.7 Å². The van der Waals surface area contributed by atoms with Gasteiger partial charge in [-0.2, -0.15) is 0 Å². The quantitative estimate of drug-likeness (QED) is 0.340. The average molecular weight is 448 g/mol. The van der Waals surface area contributed by atoms with Crippen LogP contribution in [0.25, 0.3) is 22.3 Å². The summed E-state index contributed by atoms with van der Waals surface area (Å²) in [6.45, 7) is -0.110. The Morgan fingerprint density at radius 3 is 1.70 bits per heavy atom. The van der Waals surface area contributed by atoms with Crippen molar-refractivity contribution < 1.29 is 23.0 Å². The maximum absolute atomic E-state index is 14.9. The van der Waals surface area contributed by atoms with Gasteiger partial charge in [-0.25, -0.2) is 13.2 Å². The zero-order valence-corrected chi connectivity index (χ0v) is 18.1. The molecule has 0 saturated heterocycles. The van der Waals surface area contributed by atoms with Crippen LogP contribution in [0.2, 0.25) is 0 Å². The van der Waals surface area contributed by atoms with E-state index in [4.69, 9.17) is 9.84 Å². The van der Waals surface area contributed by atoms with Gasteiger partial charge in [0, 0.05) is 17.2 Å². The zero-order chi connectivity index (χ0) is 23.4. The third kappa shape index (κ3) is 4.94. The highest BCUT2D eigenvalue weighted by atomic mass is 19.2. The van der Waals surface area contributed by atoms with Crippen LogP contribution in [0, 0.1) is 17.5 Å². The summed E-state index contributed by atoms with van der Waals surface area (Å²) >= 11 is 0. The lowest BCUT2D eigenvalue weighted by molar-refractivity contribution is 0.282. The van der Waals surface area contributed by atoms with Gasteiger partial charge in [-0.05, 0) is 46.7 Å². The molecule has 33 heavy (non-hydrogen) atoms. The molecule has 5 heteroatoms. The molecule has 0 aliphatic rings. The zero-order valence-electron chi connectivity index (χ0n) is 18.1. The second kappa shape index (κ2) is 9.92. The molecule has 0 saturated carbocycles. The van der Waals surface area contributed by atoms with Crippen LogP contribution in [-0.2, 0) is 19.4 Å². The van der Waals surface area contributed by atoms with Gasteiger partial charge in [-0.3, -0.25) is 0 Å². The van der Waals surface area contributed by atoms with Gasteiger partial charge in [-0.15, -0.1) is 0 Å². The molecule has 0 heterocycles. The molecule has 4 aromatic carbocycles. The first-order chi connectivity index (χ1) is 16.0. The van der Waals surface area contributed by atoms with E-state index in [1.165, 1.54) is 13.2 Å². The summed E-state index contributed by atoms with van der Waals surface area (Å²) < 4.78 is 48.9. The molecular weight excluding hydrogens is 425 g/mol. The molecule has 0 amide bonds. The Morgan fingerprint density at radius 2 is 1.21 bits per heavy atom. The highest BCUT2D eigenvalue weighted by molar-refractivity contribution is 5.72. The second-order valence-electron chi connectivity index (χ2n) is 7.80. The van der Waals surface area contributed by atoms with Crippen molar-refractivity contribution in [2.45, 2.75) is 19.4 Å². The minimum absolute atomic E-state index is 0.110. The lowest BCUT2D eigenvalue weighted by Crippen LogP contribution is -1.97. The van der Waals surface area contributed by atoms with Gasteiger partial charge in [0.25, 0.3) is 0 Å². The normalized spacial score (nSPS) is 10.9. The Bertz CT molecular complexity index is 1250. The first kappa shape index (κ1) is 22.6. The van der Waals surface area contributed by atoms with Crippen LogP contribution in [0.5, 0.6) is 5.75 Å². The Hall–Kier alpha value is -3.57. The third-order valence-corrected chi connectivity index (χ3v) is 5.74. The van der Waals surface area contributed by atoms with Crippen molar-refractivity contribution in [1.82, 2.24) is 0 Å². The van der Waals surface area contributed by atoms with Crippen molar-refractivity contribution in [2.24, 2.45) is 0 Å². The monoisotopic (exact) mass is 448 g/mol. The highest BCUT2D eigenvalue weighted by Crippen LogP contribution is 2.32. The van der Waals surface area contributed by atoms with E-state index >= 15 is 0 Å². The molecule has 0 radical (unpaired) electrons. The van der Waals surface area contributed by atoms with Gasteiger partial charge in [-0.1, -0.05) is 66.7 Å². The SMILES string of the molecule is COc1ccc(CCc2ccc(-c3ccc(-c4ccc(CO)cc4)c(F)c3F)cc2)c(F)c1. The fourth-order valence-corrected chi connectivity index (χ4v) is 3.77. The summed E-state index contributed by atoms with van der Waals surface area (Å²) in [7, 11) is 1.49. The summed E-state index contributed by atoms with van der Waals surface area (Å²) in [5.74, 6) is -1.66. The van der Waals surface area contributed by atoms with Crippen LogP contribution in [0.3, 0.4) is 0 Å². The van der Waals surface area contributed by atoms with E-state index < -0.39 is 11.6 Å². The molecule has 0 spiro atoms. The lowest BCUT2D eigenvalue weighted by atomic mass is 9.96. The molecule has 0 atom stereocenters. The molecule has 1 N–H and O–H groups in total. The van der Waals surface area contributed by atoms with Crippen molar-refractivity contribution in [1.29, 1.82) is 0 Å². The fraction of sp³-hybridized carbons (Fsp3) is 0.143. The third-order valence-electron chi connectivity index (χ3n) is 5.74. The standard InChI is InChI=1S/C28H23F3O2/c1-33-23-13-12-22(26(29)16-23)11-4-18-2-7-20(8-3-18)24-14-15-25(28(31)27(24)30)21-9-5-19(17-32)6-10-21/h2-3,5-10,12-16,32H,4,11,17H2,1H3. The van der Waals surface area contributed by atoms with E-state index in [2.05, 4.69) is 0 Å². The number of methoxy groups -OCH3 is 1. The van der Waals surface area contributed by atoms with Gasteiger partial charge >= 0.3 is 0 Å². The van der Waals surface area contributed by atoms with E-state index in [1.807, 2.05) is 12.1 Å². The van der Waals surface area contributed by atoms with Crippen LogP contribution < -0.4 is 4.74 Å². The number of aliphatic hydroxyl groups is 1. The average Bonchev–Trinajstić information content (AvgIpc) is 2.85. The maximum atomic E-state index is 14.9. The molecule has 0 bridgehead atoms. The number of benzene rings is 4. The van der Waals surface area contributed by atoms with Crippen LogP contribution in [0.15, 0.2) is 78.9 Å². The Morgan fingerprint density at radius 1 is 0.667 bits per heavy atom. The number of rotatable bonds is 7. The van der Waals surface area contributed by atoms with Crippen molar-refractivity contribution in [3.8, 4) is 28.0 Å². The van der Waals surface area contributed by atoms with Gasteiger partial charge in [0.2, 0.25) is 0 Å². The summed E-state index contributed by atoms with van der Waals surface area (Å²) in [4.78, 5) is 0. The maximum Gasteiger partial charge on any atom is 0.167 e. The largest absolute Gasteiger partial charge is 0.497 e. The van der Waals surface area contributed by atoms with Crippen molar-refractivity contribution >= 4 is 0 Å². The second-order valence-corrected chi connectivity index (χ2v) is 7.80. The summed E-state index contributed by atoms with van der Waals surface area (Å²) in [5.41, 5.74) is 3.70. The number of aliphatic hydroxyl groups excluding tert-OH is 1. The Kier molecular flexibility index (Phi) is 6.80. The first-order valence-corrected chi connectivity index (χ1v) is 10.6. The smallest absolute Gasteiger partial charge is 0.167 e. The van der Waals surface area contributed by atoms with Gasteiger partial charge < -0.3 is 9.84 Å². The minimum atomic E-state index is -0.914. The molecule has 0 fully saturated rings. The number of ether oxygens (including phenoxy) is 1. The van der Waals surface area contributed by atoms with Crippen LogP contribution in [-0.4, -0.2) is 12.2 Å². The molecule has 0 unspecified atom stereocenters. The Balaban J connectivity index is 1.51. The summed E-state index contributed by atoms with van der Waals surface area (Å²) in [6.07, 6.45) is 1.13. The molecule has 168 valence electrons. The molecule has 4 rings (SSSR count). The van der Waals surface area contributed by atoms with Crippen molar-refractivity contribution in [3.63, 3.8) is 0 Å². The first-order valence-electron chi connectivity index (χ1n) is 10.6. The van der Waals surface area contributed by atoms with Crippen LogP contribution in [0.4, 0.5) is 13.2 Å². The van der Waals surface area contributed by atoms with E-state index in [0.717, 1.165) is 5.56 Å². The van der Waals surface area contributed by atoms with Crippen LogP contribution >= 0.6 is 0 Å². The molecule has 4 aromatic rings. The predicted octanol–water partition coefficient (Wildman–Crippen LogP) is 6.72. The lowest BCUT2D eigenvalue weighted by Gasteiger charge is -2.11. The number of hydrogen-bond donors (Lipinski definition) is 1. The molecule has 0 aliphatic heterocycles. The molecule has 2 nitrogen and oxygen atoms in total. The van der Waals surface area contributed by atoms with Crippen molar-refractivity contribution in [2.75, 3.05) is 7.11 Å². The fourth-order valence-electron chi connectivity index (χ4n) is 3.77. The molecular formula is C28H23F3O2. The van der Waals surface area contributed by atoms with Crippen molar-refractivity contribution in [3.05, 3.63) is 113 Å². The summed E-state index contributed by atoms with van der Waals surface area (Å²) in [6, 6.07) is 21.8. The number of aryl methyl sites for hydroxylation is 2. The number of hydrogen-bond acceptors (Lipinski definition) is 2. The van der Waals surface area contributed by atoms with E-state index in [1.54, 1.807) is 60.7 Å². The Labute approximate surface area is 190 Å². The minimum Gasteiger partial charge on any atom is -0.497 e.